The quantitative estimate of drug-likeness (QED) is 0.750. The second-order valence-corrected chi connectivity index (χ2v) is 6.66. The molecule has 23 heavy (non-hydrogen) atoms. The van der Waals surface area contributed by atoms with E-state index in [1.165, 1.54) is 0 Å². The van der Waals surface area contributed by atoms with E-state index in [1.54, 1.807) is 5.38 Å². The average molecular weight is 338 g/mol. The lowest BCUT2D eigenvalue weighted by Gasteiger charge is -2.35. The first-order valence-electron chi connectivity index (χ1n) is 7.41. The Kier molecular flexibility index (Phi) is 4.42. The third kappa shape index (κ3) is 3.26. The van der Waals surface area contributed by atoms with Gasteiger partial charge in [-0.15, -0.1) is 11.3 Å². The molecule has 0 radical (unpaired) electrons. The number of hydrogen-bond acceptors (Lipinski definition) is 7. The van der Waals surface area contributed by atoms with Crippen molar-refractivity contribution in [2.45, 2.75) is 18.9 Å². The van der Waals surface area contributed by atoms with Gasteiger partial charge in [-0.25, -0.2) is 9.88 Å². The van der Waals surface area contributed by atoms with Gasteiger partial charge in [-0.3, -0.25) is 19.3 Å². The molecular weight excluding hydrogens is 320 g/mol. The van der Waals surface area contributed by atoms with E-state index in [0.717, 1.165) is 42.4 Å². The number of carbonyl (C=O) groups excluding carboxylic acids is 2. The number of imide groups is 1. The summed E-state index contributed by atoms with van der Waals surface area (Å²) in [5.41, 5.74) is 0.362. The van der Waals surface area contributed by atoms with Gasteiger partial charge in [0.15, 0.2) is 5.13 Å². The van der Waals surface area contributed by atoms with Crippen LogP contribution in [0.15, 0.2) is 5.38 Å². The van der Waals surface area contributed by atoms with Crippen molar-refractivity contribution in [3.05, 3.63) is 11.1 Å². The van der Waals surface area contributed by atoms with Crippen LogP contribution in [0.25, 0.3) is 0 Å². The van der Waals surface area contributed by atoms with Crippen molar-refractivity contribution in [2.24, 2.45) is 0 Å². The van der Waals surface area contributed by atoms with Gasteiger partial charge in [0.25, 0.3) is 5.91 Å². The van der Waals surface area contributed by atoms with Crippen LogP contribution in [-0.2, 0) is 20.8 Å². The van der Waals surface area contributed by atoms with Crippen LogP contribution >= 0.6 is 11.3 Å². The zero-order chi connectivity index (χ0) is 16.6. The fourth-order valence-electron chi connectivity index (χ4n) is 2.87. The van der Waals surface area contributed by atoms with Crippen molar-refractivity contribution in [3.8, 4) is 0 Å². The predicted molar refractivity (Wildman–Crippen MR) is 83.4 cm³/mol. The second kappa shape index (κ2) is 6.34. The zero-order valence-electron chi connectivity index (χ0n) is 12.8. The minimum absolute atomic E-state index is 0.163. The van der Waals surface area contributed by atoms with Crippen molar-refractivity contribution in [3.63, 3.8) is 0 Å². The Morgan fingerprint density at radius 2 is 2.04 bits per heavy atom. The number of aliphatic carboxylic acids is 1. The Morgan fingerprint density at radius 3 is 2.70 bits per heavy atom. The molecule has 2 amide bonds. The number of nitrogens with zero attached hydrogens (tertiary/aromatic N) is 4. The number of carboxylic acids is 1. The molecule has 1 unspecified atom stereocenters. The fraction of sp³-hybridized carbons (Fsp3) is 0.571. The van der Waals surface area contributed by atoms with Crippen LogP contribution in [0.5, 0.6) is 0 Å². The summed E-state index contributed by atoms with van der Waals surface area (Å²) in [6.07, 6.45) is -0.0506. The van der Waals surface area contributed by atoms with Crippen LogP contribution in [0, 0.1) is 0 Å². The van der Waals surface area contributed by atoms with E-state index in [4.69, 9.17) is 5.11 Å². The van der Waals surface area contributed by atoms with Gasteiger partial charge in [-0.05, 0) is 7.05 Å². The molecule has 1 aromatic rings. The lowest BCUT2D eigenvalue weighted by atomic mass is 10.2. The first-order chi connectivity index (χ1) is 11.0. The Hall–Kier alpha value is -1.84. The molecule has 1 aromatic heterocycles. The maximum atomic E-state index is 12.6. The summed E-state index contributed by atoms with van der Waals surface area (Å²) in [5.74, 6) is -1.51. The number of rotatable bonds is 4. The number of likely N-dealkylation sites (N-methyl/N-ethyl adjacent to an activating group) is 1. The normalized spacial score (nSPS) is 23.7. The number of hydrogen-bond donors (Lipinski definition) is 1. The van der Waals surface area contributed by atoms with Crippen LogP contribution < -0.4 is 4.90 Å². The summed E-state index contributed by atoms with van der Waals surface area (Å²) >= 11 is 1.13. The van der Waals surface area contributed by atoms with E-state index in [9.17, 15) is 14.4 Å². The highest BCUT2D eigenvalue weighted by molar-refractivity contribution is 7.14. The van der Waals surface area contributed by atoms with Crippen LogP contribution in [0.1, 0.15) is 12.1 Å². The van der Waals surface area contributed by atoms with Crippen molar-refractivity contribution in [2.75, 3.05) is 38.1 Å². The van der Waals surface area contributed by atoms with Crippen LogP contribution in [0.4, 0.5) is 5.13 Å². The van der Waals surface area contributed by atoms with Crippen LogP contribution in [0.3, 0.4) is 0 Å². The molecule has 124 valence electrons. The molecule has 1 N–H and O–H groups in total. The summed E-state index contributed by atoms with van der Waals surface area (Å²) in [6, 6.07) is -0.428. The number of thiazole rings is 1. The summed E-state index contributed by atoms with van der Waals surface area (Å²) in [5, 5.41) is 10.6. The van der Waals surface area contributed by atoms with E-state index in [2.05, 4.69) is 9.88 Å². The van der Waals surface area contributed by atoms with Crippen molar-refractivity contribution in [1.29, 1.82) is 0 Å². The van der Waals surface area contributed by atoms with Gasteiger partial charge in [0.2, 0.25) is 5.91 Å². The third-order valence-corrected chi connectivity index (χ3v) is 5.04. The molecule has 0 bridgehead atoms. The fourth-order valence-corrected chi connectivity index (χ4v) is 3.72. The lowest BCUT2D eigenvalue weighted by molar-refractivity contribution is -0.136. The lowest BCUT2D eigenvalue weighted by Crippen LogP contribution is -2.51. The van der Waals surface area contributed by atoms with E-state index in [0.29, 0.717) is 5.69 Å². The highest BCUT2D eigenvalue weighted by Crippen LogP contribution is 2.29. The number of amides is 2. The Labute approximate surface area is 137 Å². The molecule has 3 rings (SSSR count). The number of carbonyl (C=O) groups is 3. The van der Waals surface area contributed by atoms with E-state index >= 15 is 0 Å². The Morgan fingerprint density at radius 1 is 1.35 bits per heavy atom. The molecular formula is C14H18N4O4S. The Balaban J connectivity index is 1.73. The molecule has 0 saturated carbocycles. The minimum Gasteiger partial charge on any atom is -0.481 e. The highest BCUT2D eigenvalue weighted by atomic mass is 32.1. The Bertz CT molecular complexity index is 638. The largest absolute Gasteiger partial charge is 0.481 e. The SMILES string of the molecule is CN1CCN(C2CC(=O)N(c3nc(CC(=O)O)cs3)C2=O)CC1. The number of anilines is 1. The second-order valence-electron chi connectivity index (χ2n) is 5.82. The maximum absolute atomic E-state index is 12.6. The average Bonchev–Trinajstić information content (AvgIpc) is 3.04. The minimum atomic E-state index is -0.990. The molecule has 2 aliphatic heterocycles. The number of carboxylic acid groups (broad SMARTS) is 1. The van der Waals surface area contributed by atoms with Gasteiger partial charge in [0.1, 0.15) is 0 Å². The molecule has 1 atom stereocenters. The van der Waals surface area contributed by atoms with Gasteiger partial charge >= 0.3 is 5.97 Å². The third-order valence-electron chi connectivity index (χ3n) is 4.16. The van der Waals surface area contributed by atoms with Crippen molar-refractivity contribution >= 4 is 34.3 Å². The smallest absolute Gasteiger partial charge is 0.309 e. The number of aromatic nitrogens is 1. The molecule has 0 aliphatic carbocycles. The van der Waals surface area contributed by atoms with Gasteiger partial charge in [0, 0.05) is 31.6 Å². The van der Waals surface area contributed by atoms with Gasteiger partial charge in [-0.1, -0.05) is 0 Å². The molecule has 2 fully saturated rings. The first-order valence-corrected chi connectivity index (χ1v) is 8.29. The first kappa shape index (κ1) is 16.0. The van der Waals surface area contributed by atoms with Gasteiger partial charge in [0.05, 0.1) is 24.6 Å². The van der Waals surface area contributed by atoms with Crippen LogP contribution in [-0.4, -0.2) is 76.9 Å². The molecule has 8 nitrogen and oxygen atoms in total. The topological polar surface area (TPSA) is 94.1 Å². The monoisotopic (exact) mass is 338 g/mol. The highest BCUT2D eigenvalue weighted by Gasteiger charge is 2.44. The summed E-state index contributed by atoms with van der Waals surface area (Å²) in [7, 11) is 2.03. The number of piperazine rings is 1. The van der Waals surface area contributed by atoms with Crippen molar-refractivity contribution < 1.29 is 19.5 Å². The maximum Gasteiger partial charge on any atom is 0.309 e. The molecule has 2 saturated heterocycles. The molecule has 2 aliphatic rings. The standard InChI is InChI=1S/C14H18N4O4S/c1-16-2-4-17(5-3-16)10-7-11(19)18(13(10)22)14-15-9(8-23-14)6-12(20)21/h8,10H,2-7H2,1H3,(H,20,21). The van der Waals surface area contributed by atoms with E-state index < -0.39 is 12.0 Å². The molecule has 0 spiro atoms. The van der Waals surface area contributed by atoms with Gasteiger partial charge < -0.3 is 10.0 Å². The van der Waals surface area contributed by atoms with E-state index in [1.807, 2.05) is 11.9 Å². The van der Waals surface area contributed by atoms with Gasteiger partial charge in [-0.2, -0.15) is 0 Å². The van der Waals surface area contributed by atoms with Crippen molar-refractivity contribution in [1.82, 2.24) is 14.8 Å². The van der Waals surface area contributed by atoms with Crippen LogP contribution in [0.2, 0.25) is 0 Å². The zero-order valence-corrected chi connectivity index (χ0v) is 13.6. The molecule has 9 heteroatoms. The predicted octanol–water partition coefficient (Wildman–Crippen LogP) is -0.350. The van der Waals surface area contributed by atoms with E-state index in [-0.39, 0.29) is 29.8 Å². The molecule has 3 heterocycles. The summed E-state index contributed by atoms with van der Waals surface area (Å²) in [4.78, 5) is 45.1. The summed E-state index contributed by atoms with van der Waals surface area (Å²) in [6.45, 7) is 3.27. The molecule has 0 aromatic carbocycles. The summed E-state index contributed by atoms with van der Waals surface area (Å²) < 4.78 is 0.